The second-order valence-corrected chi connectivity index (χ2v) is 5.59. The van der Waals surface area contributed by atoms with Crippen molar-refractivity contribution in [1.82, 2.24) is 9.55 Å². The van der Waals surface area contributed by atoms with E-state index in [1.54, 1.807) is 0 Å². The van der Waals surface area contributed by atoms with E-state index in [1.807, 2.05) is 25.1 Å². The second kappa shape index (κ2) is 6.89. The van der Waals surface area contributed by atoms with Gasteiger partial charge in [0.15, 0.2) is 0 Å². The molecule has 1 aromatic carbocycles. The lowest BCUT2D eigenvalue weighted by Crippen LogP contribution is -3.14. The summed E-state index contributed by atoms with van der Waals surface area (Å²) in [7, 11) is 0. The van der Waals surface area contributed by atoms with Crippen molar-refractivity contribution in [1.29, 1.82) is 0 Å². The number of imidazole rings is 1. The second-order valence-electron chi connectivity index (χ2n) is 5.59. The number of hydrogen-bond donors (Lipinski definition) is 2. The van der Waals surface area contributed by atoms with Crippen LogP contribution in [-0.4, -0.2) is 48.3 Å². The number of ether oxygens (including phenoxy) is 1. The van der Waals surface area contributed by atoms with Gasteiger partial charge in [0.2, 0.25) is 11.9 Å². The minimum Gasteiger partial charge on any atom is -0.370 e. The highest BCUT2D eigenvalue weighted by molar-refractivity contribution is 5.91. The number of nitrogens with one attached hydrogen (secondary N) is 2. The van der Waals surface area contributed by atoms with Crippen LogP contribution in [0, 0.1) is 0 Å². The van der Waals surface area contributed by atoms with Crippen LogP contribution in [0.25, 0.3) is 11.0 Å². The summed E-state index contributed by atoms with van der Waals surface area (Å²) in [6.07, 6.45) is 0.456. The SMILES string of the molecule is CCC(=O)Nc1nc2ccccc2n1CC[NH+]1CCOCC1. The van der Waals surface area contributed by atoms with E-state index in [1.165, 1.54) is 4.90 Å². The fourth-order valence-electron chi connectivity index (χ4n) is 2.79. The molecule has 1 aromatic heterocycles. The van der Waals surface area contributed by atoms with E-state index in [9.17, 15) is 4.79 Å². The molecule has 2 heterocycles. The zero-order valence-corrected chi connectivity index (χ0v) is 13.0. The number of nitrogens with zero attached hydrogens (tertiary/aromatic N) is 2. The van der Waals surface area contributed by atoms with E-state index in [4.69, 9.17) is 4.74 Å². The minimum atomic E-state index is -0.00437. The van der Waals surface area contributed by atoms with Crippen molar-refractivity contribution in [3.63, 3.8) is 0 Å². The Bertz CT molecular complexity index is 647. The van der Waals surface area contributed by atoms with Gasteiger partial charge in [-0.05, 0) is 12.1 Å². The van der Waals surface area contributed by atoms with Gasteiger partial charge in [0, 0.05) is 6.42 Å². The Morgan fingerprint density at radius 2 is 2.14 bits per heavy atom. The first-order valence-corrected chi connectivity index (χ1v) is 7.94. The van der Waals surface area contributed by atoms with Gasteiger partial charge >= 0.3 is 0 Å². The number of rotatable bonds is 5. The van der Waals surface area contributed by atoms with Crippen molar-refractivity contribution in [2.24, 2.45) is 0 Å². The Balaban J connectivity index is 1.81. The fourth-order valence-corrected chi connectivity index (χ4v) is 2.79. The van der Waals surface area contributed by atoms with Gasteiger partial charge in [-0.15, -0.1) is 0 Å². The highest BCUT2D eigenvalue weighted by atomic mass is 16.5. The smallest absolute Gasteiger partial charge is 0.226 e. The Labute approximate surface area is 130 Å². The Morgan fingerprint density at radius 3 is 2.91 bits per heavy atom. The summed E-state index contributed by atoms with van der Waals surface area (Å²) < 4.78 is 7.52. The minimum absolute atomic E-state index is 0.00437. The average molecular weight is 303 g/mol. The number of carbonyl (C=O) groups excluding carboxylic acids is 1. The molecule has 1 aliphatic rings. The van der Waals surface area contributed by atoms with Gasteiger partial charge in [0.25, 0.3) is 0 Å². The van der Waals surface area contributed by atoms with Crippen molar-refractivity contribution in [2.45, 2.75) is 19.9 Å². The van der Waals surface area contributed by atoms with Gasteiger partial charge in [0.1, 0.15) is 13.1 Å². The van der Waals surface area contributed by atoms with Gasteiger partial charge in [-0.2, -0.15) is 0 Å². The van der Waals surface area contributed by atoms with Crippen LogP contribution < -0.4 is 10.2 Å². The molecule has 6 heteroatoms. The Hall–Kier alpha value is -1.92. The molecule has 1 fully saturated rings. The lowest BCUT2D eigenvalue weighted by Gasteiger charge is -2.24. The number of carbonyl (C=O) groups is 1. The number of quaternary nitrogens is 1. The standard InChI is InChI=1S/C16H22N4O2/c1-2-15(21)18-16-17-13-5-3-4-6-14(13)20(16)8-7-19-9-11-22-12-10-19/h3-6H,2,7-12H2,1H3,(H,17,18,21)/p+1. The third kappa shape index (κ3) is 3.28. The lowest BCUT2D eigenvalue weighted by molar-refractivity contribution is -0.908. The molecular weight excluding hydrogens is 280 g/mol. The molecule has 22 heavy (non-hydrogen) atoms. The molecule has 0 atom stereocenters. The predicted molar refractivity (Wildman–Crippen MR) is 85.0 cm³/mol. The van der Waals surface area contributed by atoms with Gasteiger partial charge < -0.3 is 14.2 Å². The first kappa shape index (κ1) is 15.0. The molecule has 0 spiro atoms. The number of morpholine rings is 1. The van der Waals surface area contributed by atoms with E-state index in [0.717, 1.165) is 50.4 Å². The summed E-state index contributed by atoms with van der Waals surface area (Å²) in [6, 6.07) is 8.01. The van der Waals surface area contributed by atoms with Crippen LogP contribution in [0.3, 0.4) is 0 Å². The first-order chi connectivity index (χ1) is 10.8. The zero-order chi connectivity index (χ0) is 15.4. The summed E-state index contributed by atoms with van der Waals surface area (Å²) in [5.74, 6) is 0.649. The summed E-state index contributed by atoms with van der Waals surface area (Å²) in [6.45, 7) is 7.46. The normalized spacial score (nSPS) is 16.0. The Morgan fingerprint density at radius 1 is 1.36 bits per heavy atom. The highest BCUT2D eigenvalue weighted by Crippen LogP contribution is 2.19. The van der Waals surface area contributed by atoms with Gasteiger partial charge in [-0.25, -0.2) is 4.98 Å². The maximum absolute atomic E-state index is 11.7. The summed E-state index contributed by atoms with van der Waals surface area (Å²) in [4.78, 5) is 17.8. The van der Waals surface area contributed by atoms with Crippen LogP contribution in [0.4, 0.5) is 5.95 Å². The quantitative estimate of drug-likeness (QED) is 0.835. The predicted octanol–water partition coefficient (Wildman–Crippen LogP) is 0.300. The number of hydrogen-bond acceptors (Lipinski definition) is 3. The third-order valence-electron chi connectivity index (χ3n) is 4.12. The van der Waals surface area contributed by atoms with E-state index in [2.05, 4.69) is 20.9 Å². The Kier molecular flexibility index (Phi) is 4.70. The molecule has 0 aliphatic carbocycles. The average Bonchev–Trinajstić information content (AvgIpc) is 2.91. The molecular formula is C16H23N4O2+. The van der Waals surface area contributed by atoms with Crippen LogP contribution >= 0.6 is 0 Å². The van der Waals surface area contributed by atoms with E-state index in [0.29, 0.717) is 12.4 Å². The molecule has 2 aromatic rings. The number of benzene rings is 1. The van der Waals surface area contributed by atoms with Crippen LogP contribution in [0.5, 0.6) is 0 Å². The van der Waals surface area contributed by atoms with E-state index >= 15 is 0 Å². The summed E-state index contributed by atoms with van der Waals surface area (Å²) in [5, 5.41) is 2.92. The highest BCUT2D eigenvalue weighted by Gasteiger charge is 2.17. The van der Waals surface area contributed by atoms with Crippen molar-refractivity contribution in [2.75, 3.05) is 38.2 Å². The maximum atomic E-state index is 11.7. The molecule has 0 bridgehead atoms. The molecule has 1 aliphatic heterocycles. The molecule has 0 saturated carbocycles. The zero-order valence-electron chi connectivity index (χ0n) is 13.0. The van der Waals surface area contributed by atoms with Crippen LogP contribution in [-0.2, 0) is 16.1 Å². The molecule has 1 amide bonds. The molecule has 6 nitrogen and oxygen atoms in total. The van der Waals surface area contributed by atoms with Crippen LogP contribution in [0.2, 0.25) is 0 Å². The largest absolute Gasteiger partial charge is 0.370 e. The summed E-state index contributed by atoms with van der Waals surface area (Å²) in [5.41, 5.74) is 1.99. The third-order valence-corrected chi connectivity index (χ3v) is 4.12. The van der Waals surface area contributed by atoms with Gasteiger partial charge in [-0.1, -0.05) is 19.1 Å². The molecule has 0 radical (unpaired) electrons. The molecule has 0 unspecified atom stereocenters. The fraction of sp³-hybridized carbons (Fsp3) is 0.500. The monoisotopic (exact) mass is 303 g/mol. The maximum Gasteiger partial charge on any atom is 0.226 e. The molecule has 1 saturated heterocycles. The van der Waals surface area contributed by atoms with Crippen molar-refractivity contribution in [3.8, 4) is 0 Å². The van der Waals surface area contributed by atoms with Gasteiger partial charge in [-0.3, -0.25) is 10.1 Å². The number of anilines is 1. The molecule has 2 N–H and O–H groups in total. The first-order valence-electron chi connectivity index (χ1n) is 7.94. The van der Waals surface area contributed by atoms with Crippen molar-refractivity contribution >= 4 is 22.9 Å². The van der Waals surface area contributed by atoms with Crippen molar-refractivity contribution in [3.05, 3.63) is 24.3 Å². The van der Waals surface area contributed by atoms with Crippen LogP contribution in [0.15, 0.2) is 24.3 Å². The number of para-hydroxylation sites is 2. The van der Waals surface area contributed by atoms with E-state index < -0.39 is 0 Å². The topological polar surface area (TPSA) is 60.6 Å². The lowest BCUT2D eigenvalue weighted by atomic mass is 10.3. The molecule has 118 valence electrons. The number of amides is 1. The van der Waals surface area contributed by atoms with Gasteiger partial charge in [0.05, 0.1) is 37.3 Å². The number of fused-ring (bicyclic) bond motifs is 1. The molecule has 3 rings (SSSR count). The van der Waals surface area contributed by atoms with E-state index in [-0.39, 0.29) is 5.91 Å². The summed E-state index contributed by atoms with van der Waals surface area (Å²) >= 11 is 0. The van der Waals surface area contributed by atoms with Crippen molar-refractivity contribution < 1.29 is 14.4 Å². The van der Waals surface area contributed by atoms with Crippen LogP contribution in [0.1, 0.15) is 13.3 Å². The number of aromatic nitrogens is 2.